The van der Waals surface area contributed by atoms with Crippen LogP contribution in [0.5, 0.6) is 0 Å². The Labute approximate surface area is 167 Å². The Hall–Kier alpha value is -1.66. The second-order valence-corrected chi connectivity index (χ2v) is 7.84. The number of ether oxygens (including phenoxy) is 2. The third-order valence-electron chi connectivity index (χ3n) is 5.47. The Balaban J connectivity index is 1.44. The van der Waals surface area contributed by atoms with E-state index in [0.717, 1.165) is 38.5 Å². The molecule has 0 bridgehead atoms. The van der Waals surface area contributed by atoms with Crippen molar-refractivity contribution in [2.24, 2.45) is 0 Å². The van der Waals surface area contributed by atoms with E-state index in [4.69, 9.17) is 9.47 Å². The Morgan fingerprint density at radius 2 is 1.00 bits per heavy atom. The number of unbranched alkanes of at least 4 members (excludes halogenated alkanes) is 9. The van der Waals surface area contributed by atoms with E-state index in [9.17, 15) is 19.8 Å². The van der Waals surface area contributed by atoms with Gasteiger partial charge in [-0.2, -0.15) is 0 Å². The van der Waals surface area contributed by atoms with Crippen molar-refractivity contribution in [3.63, 3.8) is 0 Å². The van der Waals surface area contributed by atoms with Crippen LogP contribution in [-0.4, -0.2) is 46.6 Å². The predicted octanol–water partition coefficient (Wildman–Crippen LogP) is 3.35. The number of hydrogen-bond acceptors (Lipinski definition) is 6. The van der Waals surface area contributed by atoms with E-state index >= 15 is 0 Å². The zero-order valence-electron chi connectivity index (χ0n) is 17.1. The summed E-state index contributed by atoms with van der Waals surface area (Å²) in [6, 6.07) is 0. The summed E-state index contributed by atoms with van der Waals surface area (Å²) in [7, 11) is 0. The summed E-state index contributed by atoms with van der Waals surface area (Å²) in [6.07, 6.45) is 11.8. The molecule has 6 heteroatoms. The Bertz CT molecular complexity index is 542. The molecule has 4 atom stereocenters. The fraction of sp³-hybridized carbons (Fsp3) is 0.727. The summed E-state index contributed by atoms with van der Waals surface area (Å²) >= 11 is 0. The number of cyclic esters (lactones) is 2. The summed E-state index contributed by atoms with van der Waals surface area (Å²) < 4.78 is 9.97. The minimum atomic E-state index is -0.783. The van der Waals surface area contributed by atoms with E-state index in [-0.39, 0.29) is 11.9 Å². The average Bonchev–Trinajstić information content (AvgIpc) is 3.04. The maximum atomic E-state index is 11.5. The Kier molecular flexibility index (Phi) is 9.19. The SMILES string of the molecule is C[C@@H]1OC(=O)/C(=C\CCCCCCCCCC/C=C2/C(=O)O[C@@H](C)[C@H]2O)[C@@H]1O. The van der Waals surface area contributed by atoms with Crippen LogP contribution in [0.25, 0.3) is 0 Å². The molecule has 0 unspecified atom stereocenters. The third kappa shape index (κ3) is 6.45. The maximum Gasteiger partial charge on any atom is 0.336 e. The van der Waals surface area contributed by atoms with Crippen LogP contribution in [0.2, 0.25) is 0 Å². The van der Waals surface area contributed by atoms with Crippen molar-refractivity contribution >= 4 is 11.9 Å². The lowest BCUT2D eigenvalue weighted by atomic mass is 10.0. The number of rotatable bonds is 11. The highest BCUT2D eigenvalue weighted by atomic mass is 16.6. The van der Waals surface area contributed by atoms with Crippen LogP contribution >= 0.6 is 0 Å². The summed E-state index contributed by atoms with van der Waals surface area (Å²) in [5, 5.41) is 19.7. The molecule has 2 aliphatic rings. The van der Waals surface area contributed by atoms with E-state index in [1.807, 2.05) is 12.2 Å². The van der Waals surface area contributed by atoms with E-state index in [0.29, 0.717) is 11.1 Å². The van der Waals surface area contributed by atoms with E-state index in [2.05, 4.69) is 0 Å². The molecule has 2 saturated heterocycles. The van der Waals surface area contributed by atoms with Crippen molar-refractivity contribution in [1.82, 2.24) is 0 Å². The van der Waals surface area contributed by atoms with Crippen LogP contribution in [0.15, 0.2) is 23.3 Å². The molecule has 6 nitrogen and oxygen atoms in total. The van der Waals surface area contributed by atoms with E-state index in [1.54, 1.807) is 13.8 Å². The number of allylic oxidation sites excluding steroid dienone is 2. The van der Waals surface area contributed by atoms with Crippen molar-refractivity contribution in [3.8, 4) is 0 Å². The summed E-state index contributed by atoms with van der Waals surface area (Å²) in [6.45, 7) is 3.40. The molecular formula is C22H34O6. The van der Waals surface area contributed by atoms with Crippen LogP contribution in [0.3, 0.4) is 0 Å². The molecule has 0 radical (unpaired) electrons. The number of carbonyl (C=O) groups is 2. The smallest absolute Gasteiger partial charge is 0.336 e. The molecule has 0 amide bonds. The second kappa shape index (κ2) is 11.4. The van der Waals surface area contributed by atoms with Crippen LogP contribution in [0.1, 0.15) is 78.1 Å². The fourth-order valence-electron chi connectivity index (χ4n) is 3.62. The molecule has 0 aliphatic carbocycles. The van der Waals surface area contributed by atoms with Gasteiger partial charge in [-0.05, 0) is 39.5 Å². The van der Waals surface area contributed by atoms with Gasteiger partial charge in [0.25, 0.3) is 0 Å². The summed E-state index contributed by atoms with van der Waals surface area (Å²) in [4.78, 5) is 23.1. The van der Waals surface area contributed by atoms with Crippen LogP contribution in [-0.2, 0) is 19.1 Å². The average molecular weight is 395 g/mol. The van der Waals surface area contributed by atoms with Gasteiger partial charge in [-0.25, -0.2) is 9.59 Å². The lowest BCUT2D eigenvalue weighted by Crippen LogP contribution is -2.17. The Morgan fingerprint density at radius 3 is 1.29 bits per heavy atom. The summed E-state index contributed by atoms with van der Waals surface area (Å²) in [5.74, 6) is -0.769. The monoisotopic (exact) mass is 394 g/mol. The molecular weight excluding hydrogens is 360 g/mol. The van der Waals surface area contributed by atoms with Crippen molar-refractivity contribution in [2.75, 3.05) is 0 Å². The van der Waals surface area contributed by atoms with Crippen LogP contribution < -0.4 is 0 Å². The lowest BCUT2D eigenvalue weighted by Gasteiger charge is -2.05. The van der Waals surface area contributed by atoms with Gasteiger partial charge in [0.1, 0.15) is 24.4 Å². The first kappa shape index (κ1) is 22.6. The van der Waals surface area contributed by atoms with Gasteiger partial charge in [0.2, 0.25) is 0 Å². The van der Waals surface area contributed by atoms with Gasteiger partial charge in [-0.3, -0.25) is 0 Å². The highest BCUT2D eigenvalue weighted by molar-refractivity contribution is 5.92. The number of hydrogen-bond donors (Lipinski definition) is 2. The predicted molar refractivity (Wildman–Crippen MR) is 105 cm³/mol. The lowest BCUT2D eigenvalue weighted by molar-refractivity contribution is -0.139. The molecule has 0 spiro atoms. The second-order valence-electron chi connectivity index (χ2n) is 7.84. The van der Waals surface area contributed by atoms with Crippen molar-refractivity contribution in [1.29, 1.82) is 0 Å². The zero-order chi connectivity index (χ0) is 20.5. The summed E-state index contributed by atoms with van der Waals surface area (Å²) in [5.41, 5.74) is 0.825. The van der Waals surface area contributed by atoms with Crippen molar-refractivity contribution in [3.05, 3.63) is 23.3 Å². The molecule has 2 fully saturated rings. The topological polar surface area (TPSA) is 93.1 Å². The van der Waals surface area contributed by atoms with Gasteiger partial charge in [-0.1, -0.05) is 50.7 Å². The van der Waals surface area contributed by atoms with Gasteiger partial charge in [0, 0.05) is 0 Å². The quantitative estimate of drug-likeness (QED) is 0.317. The standard InChI is InChI=1S/C22H34O6/c1-15-19(23)17(21(25)27-15)13-11-9-7-5-3-4-6-8-10-12-14-18-20(24)16(2)28-22(18)26/h13-16,19-20,23-24H,3-12H2,1-2H3/b17-13-,18-14+/t15-,16-,19+,20+/m0/s1. The molecule has 2 N–H and O–H groups in total. The number of aliphatic hydroxyl groups is 2. The van der Waals surface area contributed by atoms with Crippen molar-refractivity contribution < 1.29 is 29.3 Å². The minimum absolute atomic E-state index is 0.385. The largest absolute Gasteiger partial charge is 0.456 e. The van der Waals surface area contributed by atoms with Gasteiger partial charge in [-0.15, -0.1) is 0 Å². The molecule has 2 aliphatic heterocycles. The Morgan fingerprint density at radius 1 is 0.679 bits per heavy atom. The van der Waals surface area contributed by atoms with Crippen molar-refractivity contribution in [2.45, 2.75) is 102 Å². The van der Waals surface area contributed by atoms with Gasteiger partial charge in [0.05, 0.1) is 11.1 Å². The zero-order valence-corrected chi connectivity index (χ0v) is 17.1. The normalized spacial score (nSPS) is 30.3. The molecule has 0 aromatic rings. The van der Waals surface area contributed by atoms with Gasteiger partial charge in [0.15, 0.2) is 0 Å². The first-order valence-electron chi connectivity index (χ1n) is 10.6. The molecule has 0 saturated carbocycles. The molecule has 158 valence electrons. The highest BCUT2D eigenvalue weighted by Gasteiger charge is 2.35. The van der Waals surface area contributed by atoms with E-state index < -0.39 is 24.4 Å². The first-order chi connectivity index (χ1) is 13.4. The van der Waals surface area contributed by atoms with Gasteiger partial charge >= 0.3 is 11.9 Å². The molecule has 0 aromatic heterocycles. The van der Waals surface area contributed by atoms with Crippen LogP contribution in [0.4, 0.5) is 0 Å². The molecule has 0 aromatic carbocycles. The first-order valence-corrected chi connectivity index (χ1v) is 10.6. The number of aliphatic hydroxyl groups excluding tert-OH is 2. The number of carbonyl (C=O) groups excluding carboxylic acids is 2. The fourth-order valence-corrected chi connectivity index (χ4v) is 3.62. The van der Waals surface area contributed by atoms with Crippen LogP contribution in [0, 0.1) is 0 Å². The maximum absolute atomic E-state index is 11.5. The highest BCUT2D eigenvalue weighted by Crippen LogP contribution is 2.23. The number of esters is 2. The van der Waals surface area contributed by atoms with Gasteiger partial charge < -0.3 is 19.7 Å². The molecule has 28 heavy (non-hydrogen) atoms. The van der Waals surface area contributed by atoms with E-state index in [1.165, 1.54) is 25.7 Å². The molecule has 2 rings (SSSR count). The molecule has 2 heterocycles. The minimum Gasteiger partial charge on any atom is -0.456 e. The third-order valence-corrected chi connectivity index (χ3v) is 5.47.